The summed E-state index contributed by atoms with van der Waals surface area (Å²) in [4.78, 5) is 34.4. The summed E-state index contributed by atoms with van der Waals surface area (Å²) in [5.74, 6) is -0.375. The topological polar surface area (TPSA) is 157 Å². The summed E-state index contributed by atoms with van der Waals surface area (Å²) < 4.78 is 49.2. The molecule has 372 valence electrons. The molecule has 1 aliphatic rings. The molecule has 0 saturated carbocycles. The maximum atomic E-state index is 13.8. The van der Waals surface area contributed by atoms with Crippen molar-refractivity contribution in [2.45, 2.75) is 52.0 Å². The number of nitrogens with zero attached hydrogens (tertiary/aromatic N) is 2. The molecule has 0 bridgehead atoms. The van der Waals surface area contributed by atoms with Crippen molar-refractivity contribution in [1.82, 2.24) is 10.3 Å². The predicted molar refractivity (Wildman–Crippen MR) is 264 cm³/mol. The smallest absolute Gasteiger partial charge is 0.255 e. The minimum absolute atomic E-state index is 0.0425. The average Bonchev–Trinajstić information content (AvgIpc) is 3.37. The Labute approximate surface area is 403 Å². The first-order valence-electron chi connectivity index (χ1n) is 24.3. The van der Waals surface area contributed by atoms with Crippen molar-refractivity contribution in [1.29, 1.82) is 0 Å². The normalized spacial score (nSPS) is 13.3. The minimum Gasteiger partial charge on any atom is -0.382 e. The van der Waals surface area contributed by atoms with E-state index in [1.54, 1.807) is 19.4 Å². The standard InChI is InChI=1S/C53H74N4O11/c1-4-57(5-2)46-18-19-50(48(41-46)51-40-45(20-21-54-51)53(59)55-49-17-9-14-43-13-6-7-16-47(43)49)56-52(58)44-15-8-11-42(39-44)12-10-22-61-25-26-63-29-30-65-33-34-67-37-38-68-36-35-66-32-31-64-28-27-62-24-23-60-3/h6-8,11,13,15-16,18-21,39-41,49H,4-5,9-10,12,14,17,22-38H2,1-3H3,(H,55,59)(H,56,58). The number of amides is 2. The van der Waals surface area contributed by atoms with Gasteiger partial charge in [0.15, 0.2) is 0 Å². The van der Waals surface area contributed by atoms with E-state index in [0.29, 0.717) is 135 Å². The van der Waals surface area contributed by atoms with Gasteiger partial charge in [-0.1, -0.05) is 36.4 Å². The molecule has 1 aliphatic carbocycles. The van der Waals surface area contributed by atoms with Crippen LogP contribution in [0.2, 0.25) is 0 Å². The molecule has 0 spiro atoms. The van der Waals surface area contributed by atoms with E-state index >= 15 is 0 Å². The SMILES string of the molecule is CCN(CC)c1ccc(NC(=O)c2cccc(CCCOCCOCCOCCOCCOCCOCCOCCOCCOC)c2)c(-c2cc(C(=O)NC3CCCc4ccccc43)ccn2)c1. The van der Waals surface area contributed by atoms with E-state index in [4.69, 9.17) is 47.6 Å². The quantitative estimate of drug-likeness (QED) is 0.0437. The highest BCUT2D eigenvalue weighted by Gasteiger charge is 2.23. The summed E-state index contributed by atoms with van der Waals surface area (Å²) in [5, 5.41) is 6.42. The molecule has 3 aromatic carbocycles. The molecule has 2 amide bonds. The second-order valence-corrected chi connectivity index (χ2v) is 16.1. The van der Waals surface area contributed by atoms with Crippen LogP contribution < -0.4 is 15.5 Å². The highest BCUT2D eigenvalue weighted by Crippen LogP contribution is 2.33. The number of rotatable bonds is 36. The van der Waals surface area contributed by atoms with E-state index in [9.17, 15) is 9.59 Å². The second kappa shape index (κ2) is 32.9. The zero-order valence-corrected chi connectivity index (χ0v) is 40.5. The van der Waals surface area contributed by atoms with Gasteiger partial charge in [0.1, 0.15) is 0 Å². The number of fused-ring (bicyclic) bond motifs is 1. The van der Waals surface area contributed by atoms with Gasteiger partial charge in [-0.15, -0.1) is 0 Å². The lowest BCUT2D eigenvalue weighted by molar-refractivity contribution is -0.0243. The number of methoxy groups -OCH3 is 1. The number of nitrogens with one attached hydrogen (secondary N) is 2. The number of anilines is 2. The number of ether oxygens (including phenoxy) is 9. The van der Waals surface area contributed by atoms with Gasteiger partial charge in [0, 0.05) is 55.4 Å². The molecule has 1 atom stereocenters. The third-order valence-electron chi connectivity index (χ3n) is 11.3. The summed E-state index contributed by atoms with van der Waals surface area (Å²) in [6.07, 6.45) is 6.17. The number of benzene rings is 3. The lowest BCUT2D eigenvalue weighted by Crippen LogP contribution is -2.31. The van der Waals surface area contributed by atoms with Gasteiger partial charge in [0.05, 0.1) is 123 Å². The fourth-order valence-electron chi connectivity index (χ4n) is 7.73. The van der Waals surface area contributed by atoms with Crippen molar-refractivity contribution in [3.63, 3.8) is 0 Å². The van der Waals surface area contributed by atoms with E-state index in [1.807, 2.05) is 54.6 Å². The molecule has 1 aromatic heterocycles. The Kier molecular flexibility index (Phi) is 26.2. The van der Waals surface area contributed by atoms with Crippen LogP contribution in [-0.4, -0.2) is 149 Å². The molecule has 0 aliphatic heterocycles. The predicted octanol–water partition coefficient (Wildman–Crippen LogP) is 7.37. The van der Waals surface area contributed by atoms with Gasteiger partial charge >= 0.3 is 0 Å². The van der Waals surface area contributed by atoms with Crippen LogP contribution in [0.5, 0.6) is 0 Å². The van der Waals surface area contributed by atoms with Crippen LogP contribution in [0.3, 0.4) is 0 Å². The van der Waals surface area contributed by atoms with Gasteiger partial charge in [-0.2, -0.15) is 0 Å². The number of carbonyl (C=O) groups excluding carboxylic acids is 2. The van der Waals surface area contributed by atoms with Crippen LogP contribution in [-0.2, 0) is 55.5 Å². The number of pyridine rings is 1. The molecule has 15 nitrogen and oxygen atoms in total. The zero-order chi connectivity index (χ0) is 47.9. The molecule has 2 N–H and O–H groups in total. The van der Waals surface area contributed by atoms with Gasteiger partial charge < -0.3 is 58.2 Å². The van der Waals surface area contributed by atoms with Gasteiger partial charge in [0.2, 0.25) is 0 Å². The zero-order valence-electron chi connectivity index (χ0n) is 40.5. The van der Waals surface area contributed by atoms with E-state index < -0.39 is 0 Å². The first kappa shape index (κ1) is 54.1. The highest BCUT2D eigenvalue weighted by atomic mass is 16.6. The Hall–Kier alpha value is -4.81. The molecule has 68 heavy (non-hydrogen) atoms. The van der Waals surface area contributed by atoms with Crippen LogP contribution in [0.15, 0.2) is 85.1 Å². The summed E-state index contributed by atoms with van der Waals surface area (Å²) in [6.45, 7) is 14.6. The maximum absolute atomic E-state index is 13.8. The number of hydrogen-bond donors (Lipinski definition) is 2. The molecule has 5 rings (SSSR count). The van der Waals surface area contributed by atoms with Gasteiger partial charge in [0.25, 0.3) is 11.8 Å². The summed E-state index contributed by atoms with van der Waals surface area (Å²) in [6, 6.07) is 25.5. The van der Waals surface area contributed by atoms with Gasteiger partial charge in [-0.25, -0.2) is 0 Å². The third kappa shape index (κ3) is 19.7. The number of aryl methyl sites for hydroxylation is 2. The molecule has 15 heteroatoms. The van der Waals surface area contributed by atoms with Crippen LogP contribution in [0, 0.1) is 0 Å². The monoisotopic (exact) mass is 943 g/mol. The molecule has 1 unspecified atom stereocenters. The number of hydrogen-bond acceptors (Lipinski definition) is 13. The van der Waals surface area contributed by atoms with Crippen LogP contribution in [0.1, 0.15) is 76.6 Å². The highest BCUT2D eigenvalue weighted by molar-refractivity contribution is 6.06. The summed E-state index contributed by atoms with van der Waals surface area (Å²) in [5.41, 5.74) is 7.55. The van der Waals surface area contributed by atoms with Crippen LogP contribution >= 0.6 is 0 Å². The molecular weight excluding hydrogens is 869 g/mol. The van der Waals surface area contributed by atoms with E-state index in [-0.39, 0.29) is 17.9 Å². The van der Waals surface area contributed by atoms with Crippen molar-refractivity contribution >= 4 is 23.2 Å². The Bertz CT molecular complexity index is 2030. The van der Waals surface area contributed by atoms with Gasteiger partial charge in [-0.3, -0.25) is 14.6 Å². The largest absolute Gasteiger partial charge is 0.382 e. The molecule has 4 aromatic rings. The van der Waals surface area contributed by atoms with E-state index in [2.05, 4.69) is 47.6 Å². The molecular formula is C53H74N4O11. The lowest BCUT2D eigenvalue weighted by Gasteiger charge is -2.26. The third-order valence-corrected chi connectivity index (χ3v) is 11.3. The van der Waals surface area contributed by atoms with Crippen molar-refractivity contribution in [3.8, 4) is 11.3 Å². The van der Waals surface area contributed by atoms with Crippen molar-refractivity contribution in [2.75, 3.05) is 143 Å². The van der Waals surface area contributed by atoms with E-state index in [0.717, 1.165) is 62.0 Å². The Morgan fingerprint density at radius 3 is 1.79 bits per heavy atom. The lowest BCUT2D eigenvalue weighted by atomic mass is 9.87. The van der Waals surface area contributed by atoms with Crippen LogP contribution in [0.4, 0.5) is 11.4 Å². The Morgan fingerprint density at radius 2 is 1.19 bits per heavy atom. The maximum Gasteiger partial charge on any atom is 0.255 e. The average molecular weight is 943 g/mol. The fraction of sp³-hybridized carbons (Fsp3) is 0.528. The molecule has 0 radical (unpaired) electrons. The first-order valence-corrected chi connectivity index (χ1v) is 24.3. The van der Waals surface area contributed by atoms with Crippen molar-refractivity contribution < 1.29 is 52.2 Å². The fourth-order valence-corrected chi connectivity index (χ4v) is 7.73. The second-order valence-electron chi connectivity index (χ2n) is 16.1. The van der Waals surface area contributed by atoms with Crippen LogP contribution in [0.25, 0.3) is 11.3 Å². The number of aromatic nitrogens is 1. The molecule has 0 fully saturated rings. The Balaban J connectivity index is 0.948. The molecule has 1 heterocycles. The number of carbonyl (C=O) groups is 2. The molecule has 0 saturated heterocycles. The first-order chi connectivity index (χ1) is 33.5. The van der Waals surface area contributed by atoms with Crippen molar-refractivity contribution in [3.05, 3.63) is 113 Å². The Morgan fingerprint density at radius 1 is 0.618 bits per heavy atom. The van der Waals surface area contributed by atoms with Crippen molar-refractivity contribution in [2.24, 2.45) is 0 Å². The van der Waals surface area contributed by atoms with Gasteiger partial charge in [-0.05, 0) is 105 Å². The summed E-state index contributed by atoms with van der Waals surface area (Å²) >= 11 is 0. The minimum atomic E-state index is -0.226. The summed E-state index contributed by atoms with van der Waals surface area (Å²) in [7, 11) is 1.64. The van der Waals surface area contributed by atoms with E-state index in [1.165, 1.54) is 11.1 Å².